The highest BCUT2D eigenvalue weighted by Crippen LogP contribution is 2.30. The van der Waals surface area contributed by atoms with Crippen LogP contribution < -0.4 is 5.73 Å². The molecule has 0 aliphatic heterocycles. The van der Waals surface area contributed by atoms with Crippen LogP contribution in [-0.4, -0.2) is 6.04 Å². The maximum atomic E-state index is 6.10. The van der Waals surface area contributed by atoms with Gasteiger partial charge in [0.25, 0.3) is 0 Å². The summed E-state index contributed by atoms with van der Waals surface area (Å²) in [6.07, 6.45) is 1.92. The van der Waals surface area contributed by atoms with E-state index in [2.05, 4.69) is 53.2 Å². The molecule has 2 N–H and O–H groups in total. The quantitative estimate of drug-likeness (QED) is 0.649. The summed E-state index contributed by atoms with van der Waals surface area (Å²) < 4.78 is 1.11. The average Bonchev–Trinajstić information content (AvgIpc) is 2.49. The third-order valence-electron chi connectivity index (χ3n) is 3.34. The van der Waals surface area contributed by atoms with Crippen LogP contribution in [0.25, 0.3) is 0 Å². The molecule has 0 bridgehead atoms. The van der Waals surface area contributed by atoms with Crippen molar-refractivity contribution < 1.29 is 0 Å². The minimum absolute atomic E-state index is 0.223. The monoisotopic (exact) mass is 383 g/mol. The molecule has 0 aliphatic carbocycles. The van der Waals surface area contributed by atoms with Gasteiger partial charge in [-0.3, -0.25) is 0 Å². The molecule has 1 unspecified atom stereocenters. The standard InChI is InChI=1S/C17H19BrClNS/c1-2-16(20)9-13-5-6-14(18)10-17(13)21-11-12-3-7-15(19)8-4-12/h3-8,10,16H,2,9,11,20H2,1H3. The van der Waals surface area contributed by atoms with Crippen LogP contribution >= 0.6 is 39.3 Å². The SMILES string of the molecule is CCC(N)Cc1ccc(Br)cc1SCc1ccc(Cl)cc1. The molecule has 0 aliphatic rings. The van der Waals surface area contributed by atoms with Gasteiger partial charge >= 0.3 is 0 Å². The van der Waals surface area contributed by atoms with E-state index >= 15 is 0 Å². The molecular weight excluding hydrogens is 366 g/mol. The molecule has 2 rings (SSSR count). The number of hydrogen-bond acceptors (Lipinski definition) is 2. The van der Waals surface area contributed by atoms with Crippen molar-refractivity contribution in [3.63, 3.8) is 0 Å². The van der Waals surface area contributed by atoms with Crippen LogP contribution in [0.3, 0.4) is 0 Å². The molecular formula is C17H19BrClNS. The number of rotatable bonds is 6. The van der Waals surface area contributed by atoms with Gasteiger partial charge < -0.3 is 5.73 Å². The normalized spacial score (nSPS) is 12.4. The van der Waals surface area contributed by atoms with Crippen molar-refractivity contribution in [2.75, 3.05) is 0 Å². The summed E-state index contributed by atoms with van der Waals surface area (Å²) in [5, 5.41) is 0.779. The molecule has 1 nitrogen and oxygen atoms in total. The lowest BCUT2D eigenvalue weighted by Crippen LogP contribution is -2.21. The van der Waals surface area contributed by atoms with Crippen LogP contribution in [0, 0.1) is 0 Å². The molecule has 0 amide bonds. The van der Waals surface area contributed by atoms with Crippen molar-refractivity contribution in [3.05, 3.63) is 63.1 Å². The Balaban J connectivity index is 2.10. The molecule has 4 heteroatoms. The van der Waals surface area contributed by atoms with Gasteiger partial charge in [0.05, 0.1) is 0 Å². The number of nitrogens with two attached hydrogens (primary N) is 1. The molecule has 0 heterocycles. The third-order valence-corrected chi connectivity index (χ3v) is 5.26. The highest BCUT2D eigenvalue weighted by atomic mass is 79.9. The molecule has 112 valence electrons. The van der Waals surface area contributed by atoms with Gasteiger partial charge in [-0.25, -0.2) is 0 Å². The Kier molecular flexibility index (Phi) is 6.62. The van der Waals surface area contributed by atoms with Crippen LogP contribution in [0.4, 0.5) is 0 Å². The fraction of sp³-hybridized carbons (Fsp3) is 0.294. The van der Waals surface area contributed by atoms with Gasteiger partial charge in [0.2, 0.25) is 0 Å². The smallest absolute Gasteiger partial charge is 0.0406 e. The Bertz CT molecular complexity index is 586. The second-order valence-corrected chi connectivity index (χ2v) is 7.41. The van der Waals surface area contributed by atoms with E-state index in [-0.39, 0.29) is 6.04 Å². The number of hydrogen-bond donors (Lipinski definition) is 1. The van der Waals surface area contributed by atoms with E-state index < -0.39 is 0 Å². The van der Waals surface area contributed by atoms with Crippen molar-refractivity contribution >= 4 is 39.3 Å². The lowest BCUT2D eigenvalue weighted by Gasteiger charge is -2.13. The van der Waals surface area contributed by atoms with E-state index in [1.807, 2.05) is 23.9 Å². The van der Waals surface area contributed by atoms with Crippen molar-refractivity contribution in [2.45, 2.75) is 36.5 Å². The fourth-order valence-electron chi connectivity index (χ4n) is 2.00. The molecule has 0 fully saturated rings. The number of halogens is 2. The summed E-state index contributed by atoms with van der Waals surface area (Å²) in [5.74, 6) is 0.933. The molecule has 0 aromatic heterocycles. The Morgan fingerprint density at radius 3 is 2.57 bits per heavy atom. The summed E-state index contributed by atoms with van der Waals surface area (Å²) >= 11 is 11.3. The summed E-state index contributed by atoms with van der Waals surface area (Å²) in [6, 6.07) is 14.7. The summed E-state index contributed by atoms with van der Waals surface area (Å²) in [7, 11) is 0. The highest BCUT2D eigenvalue weighted by Gasteiger charge is 2.08. The van der Waals surface area contributed by atoms with E-state index in [4.69, 9.17) is 17.3 Å². The van der Waals surface area contributed by atoms with Gasteiger partial charge in [-0.15, -0.1) is 11.8 Å². The zero-order valence-corrected chi connectivity index (χ0v) is 15.1. The predicted molar refractivity (Wildman–Crippen MR) is 97.1 cm³/mol. The highest BCUT2D eigenvalue weighted by molar-refractivity contribution is 9.10. The maximum Gasteiger partial charge on any atom is 0.0406 e. The molecule has 2 aromatic rings. The molecule has 1 atom stereocenters. The van der Waals surface area contributed by atoms with E-state index in [1.165, 1.54) is 16.0 Å². The Labute approximate surface area is 144 Å². The van der Waals surface area contributed by atoms with Crippen LogP contribution in [0.2, 0.25) is 5.02 Å². The topological polar surface area (TPSA) is 26.0 Å². The van der Waals surface area contributed by atoms with Crippen molar-refractivity contribution in [1.82, 2.24) is 0 Å². The van der Waals surface area contributed by atoms with E-state index in [9.17, 15) is 0 Å². The first-order valence-electron chi connectivity index (χ1n) is 6.99. The first-order valence-corrected chi connectivity index (χ1v) is 9.15. The maximum absolute atomic E-state index is 6.10. The Morgan fingerprint density at radius 1 is 1.19 bits per heavy atom. The Morgan fingerprint density at radius 2 is 1.90 bits per heavy atom. The number of benzene rings is 2. The molecule has 0 saturated heterocycles. The second-order valence-electron chi connectivity index (χ2n) is 5.04. The van der Waals surface area contributed by atoms with Crippen LogP contribution in [-0.2, 0) is 12.2 Å². The third kappa shape index (κ3) is 5.33. The molecule has 0 spiro atoms. The summed E-state index contributed by atoms with van der Waals surface area (Å²) in [4.78, 5) is 1.29. The fourth-order valence-corrected chi connectivity index (χ4v) is 3.70. The van der Waals surface area contributed by atoms with Crippen LogP contribution in [0.5, 0.6) is 0 Å². The lowest BCUT2D eigenvalue weighted by molar-refractivity contribution is 0.641. The average molecular weight is 385 g/mol. The molecule has 0 saturated carbocycles. The first kappa shape index (κ1) is 16.9. The van der Waals surface area contributed by atoms with Crippen LogP contribution in [0.1, 0.15) is 24.5 Å². The van der Waals surface area contributed by atoms with Gasteiger partial charge in [-0.2, -0.15) is 0 Å². The molecule has 21 heavy (non-hydrogen) atoms. The van der Waals surface area contributed by atoms with Crippen molar-refractivity contribution in [3.8, 4) is 0 Å². The number of thioether (sulfide) groups is 1. The van der Waals surface area contributed by atoms with E-state index in [0.717, 1.165) is 28.1 Å². The minimum Gasteiger partial charge on any atom is -0.327 e. The van der Waals surface area contributed by atoms with E-state index in [0.29, 0.717) is 0 Å². The van der Waals surface area contributed by atoms with Gasteiger partial charge in [0, 0.05) is 26.2 Å². The zero-order valence-electron chi connectivity index (χ0n) is 12.0. The zero-order chi connectivity index (χ0) is 15.2. The summed E-state index contributed by atoms with van der Waals surface area (Å²) in [5.41, 5.74) is 8.70. The molecule has 2 aromatic carbocycles. The van der Waals surface area contributed by atoms with Crippen LogP contribution in [0.15, 0.2) is 51.8 Å². The van der Waals surface area contributed by atoms with Gasteiger partial charge in [0.1, 0.15) is 0 Å². The second kappa shape index (κ2) is 8.23. The van der Waals surface area contributed by atoms with Gasteiger partial charge in [-0.05, 0) is 48.2 Å². The van der Waals surface area contributed by atoms with Crippen molar-refractivity contribution in [1.29, 1.82) is 0 Å². The van der Waals surface area contributed by atoms with E-state index in [1.54, 1.807) is 0 Å². The predicted octanol–water partition coefficient (Wildman–Crippen LogP) is 5.67. The summed E-state index contributed by atoms with van der Waals surface area (Å²) in [6.45, 7) is 2.13. The Hall–Kier alpha value is -0.480. The first-order chi connectivity index (χ1) is 10.1. The van der Waals surface area contributed by atoms with Crippen molar-refractivity contribution in [2.24, 2.45) is 5.73 Å². The van der Waals surface area contributed by atoms with Gasteiger partial charge in [-0.1, -0.05) is 52.7 Å². The minimum atomic E-state index is 0.223. The van der Waals surface area contributed by atoms with Gasteiger partial charge in [0.15, 0.2) is 0 Å². The lowest BCUT2D eigenvalue weighted by atomic mass is 10.1. The largest absolute Gasteiger partial charge is 0.327 e. The molecule has 0 radical (unpaired) electrons.